The number of carboxylic acids is 1. The SMILES string of the molecule is NCCCCC(NC(=O)C(Cc1ccccc1)NC(=O)C(N)CCC(N)=O)C(=O)NC(CCC(N)=O)C(=O)O. The number of aliphatic carboxylic acids is 1. The second-order valence-electron chi connectivity index (χ2n) is 9.11. The molecule has 0 heterocycles. The first kappa shape index (κ1) is 33.0. The van der Waals surface area contributed by atoms with Gasteiger partial charge >= 0.3 is 5.97 Å². The molecule has 0 aliphatic rings. The van der Waals surface area contributed by atoms with Crippen LogP contribution in [0, 0.1) is 0 Å². The molecule has 1 aromatic carbocycles. The summed E-state index contributed by atoms with van der Waals surface area (Å²) in [6, 6.07) is 4.00. The molecule has 14 heteroatoms. The average Bonchev–Trinajstić information content (AvgIpc) is 2.88. The summed E-state index contributed by atoms with van der Waals surface area (Å²) in [5.41, 5.74) is 22.3. The lowest BCUT2D eigenvalue weighted by molar-refractivity contribution is -0.142. The predicted octanol–water partition coefficient (Wildman–Crippen LogP) is -2.24. The molecular weight excluding hydrogens is 510 g/mol. The number of nitrogens with two attached hydrogens (primary N) is 4. The first-order chi connectivity index (χ1) is 18.4. The highest BCUT2D eigenvalue weighted by Crippen LogP contribution is 2.08. The molecule has 39 heavy (non-hydrogen) atoms. The van der Waals surface area contributed by atoms with Crippen molar-refractivity contribution < 1.29 is 33.9 Å². The van der Waals surface area contributed by atoms with E-state index in [0.29, 0.717) is 24.9 Å². The normalized spacial score (nSPS) is 13.8. The zero-order chi connectivity index (χ0) is 29.4. The molecule has 14 nitrogen and oxygen atoms in total. The summed E-state index contributed by atoms with van der Waals surface area (Å²) in [4.78, 5) is 72.7. The molecule has 0 aromatic heterocycles. The minimum Gasteiger partial charge on any atom is -0.480 e. The van der Waals surface area contributed by atoms with Crippen LogP contribution in [-0.2, 0) is 35.2 Å². The number of carboxylic acid groups (broad SMARTS) is 1. The van der Waals surface area contributed by atoms with E-state index >= 15 is 0 Å². The van der Waals surface area contributed by atoms with Crippen LogP contribution in [-0.4, -0.2) is 71.3 Å². The molecule has 5 amide bonds. The molecule has 216 valence electrons. The lowest BCUT2D eigenvalue weighted by atomic mass is 10.0. The molecule has 0 fully saturated rings. The minimum absolute atomic E-state index is 0.0210. The predicted molar refractivity (Wildman–Crippen MR) is 141 cm³/mol. The second kappa shape index (κ2) is 17.5. The van der Waals surface area contributed by atoms with Crippen LogP contribution in [0.15, 0.2) is 30.3 Å². The summed E-state index contributed by atoms with van der Waals surface area (Å²) < 4.78 is 0. The second-order valence-corrected chi connectivity index (χ2v) is 9.11. The summed E-state index contributed by atoms with van der Waals surface area (Å²) in [5, 5.41) is 16.9. The van der Waals surface area contributed by atoms with Gasteiger partial charge in [0.15, 0.2) is 0 Å². The van der Waals surface area contributed by atoms with Crippen LogP contribution in [0.25, 0.3) is 0 Å². The van der Waals surface area contributed by atoms with Crippen molar-refractivity contribution in [2.24, 2.45) is 22.9 Å². The van der Waals surface area contributed by atoms with Crippen LogP contribution in [0.3, 0.4) is 0 Å². The van der Waals surface area contributed by atoms with E-state index in [-0.39, 0.29) is 38.5 Å². The molecular formula is C25H39N7O7. The summed E-state index contributed by atoms with van der Waals surface area (Å²) in [6.07, 6.45) is 0.568. The van der Waals surface area contributed by atoms with E-state index in [1.54, 1.807) is 30.3 Å². The van der Waals surface area contributed by atoms with E-state index in [0.717, 1.165) is 0 Å². The van der Waals surface area contributed by atoms with Crippen molar-refractivity contribution in [2.45, 2.75) is 75.5 Å². The molecule has 4 unspecified atom stereocenters. The molecule has 0 bridgehead atoms. The Morgan fingerprint density at radius 1 is 0.718 bits per heavy atom. The van der Waals surface area contributed by atoms with E-state index < -0.39 is 59.7 Å². The molecule has 0 spiro atoms. The Morgan fingerprint density at radius 2 is 1.26 bits per heavy atom. The van der Waals surface area contributed by atoms with Gasteiger partial charge in [-0.25, -0.2) is 4.79 Å². The zero-order valence-electron chi connectivity index (χ0n) is 21.8. The Labute approximate surface area is 226 Å². The number of hydrogen-bond acceptors (Lipinski definition) is 8. The number of rotatable bonds is 19. The number of amides is 5. The lowest BCUT2D eigenvalue weighted by Gasteiger charge is -2.25. The van der Waals surface area contributed by atoms with Gasteiger partial charge in [0.25, 0.3) is 0 Å². The summed E-state index contributed by atoms with van der Waals surface area (Å²) >= 11 is 0. The molecule has 12 N–H and O–H groups in total. The quantitative estimate of drug-likeness (QED) is 0.0865. The van der Waals surface area contributed by atoms with Crippen LogP contribution in [0.2, 0.25) is 0 Å². The van der Waals surface area contributed by atoms with E-state index in [1.165, 1.54) is 0 Å². The third-order valence-electron chi connectivity index (χ3n) is 5.83. The van der Waals surface area contributed by atoms with E-state index in [4.69, 9.17) is 22.9 Å². The lowest BCUT2D eigenvalue weighted by Crippen LogP contribution is -2.57. The summed E-state index contributed by atoms with van der Waals surface area (Å²) in [5.74, 6) is -4.88. The molecule has 0 saturated heterocycles. The summed E-state index contributed by atoms with van der Waals surface area (Å²) in [7, 11) is 0. The Bertz CT molecular complexity index is 990. The third kappa shape index (κ3) is 13.4. The van der Waals surface area contributed by atoms with Gasteiger partial charge < -0.3 is 44.0 Å². The maximum absolute atomic E-state index is 13.3. The van der Waals surface area contributed by atoms with E-state index in [9.17, 15) is 33.9 Å². The first-order valence-electron chi connectivity index (χ1n) is 12.6. The number of hydrogen-bond donors (Lipinski definition) is 8. The van der Waals surface area contributed by atoms with E-state index in [1.807, 2.05) is 0 Å². The molecule has 0 saturated carbocycles. The molecule has 1 rings (SSSR count). The van der Waals surface area contributed by atoms with Gasteiger partial charge in [-0.15, -0.1) is 0 Å². The Balaban J connectivity index is 3.09. The van der Waals surface area contributed by atoms with Gasteiger partial charge in [0.2, 0.25) is 29.5 Å². The molecule has 0 radical (unpaired) electrons. The number of primary amides is 2. The Hall–Kier alpha value is -4.04. The highest BCUT2D eigenvalue weighted by molar-refractivity contribution is 5.94. The van der Waals surface area contributed by atoms with Gasteiger partial charge in [0, 0.05) is 19.3 Å². The van der Waals surface area contributed by atoms with Crippen LogP contribution >= 0.6 is 0 Å². The van der Waals surface area contributed by atoms with Crippen LogP contribution < -0.4 is 38.9 Å². The fraction of sp³-hybridized carbons (Fsp3) is 0.520. The largest absolute Gasteiger partial charge is 0.480 e. The number of benzene rings is 1. The van der Waals surface area contributed by atoms with Crippen LogP contribution in [0.1, 0.15) is 50.5 Å². The summed E-state index contributed by atoms with van der Waals surface area (Å²) in [6.45, 7) is 0.342. The van der Waals surface area contributed by atoms with Gasteiger partial charge in [-0.05, 0) is 44.2 Å². The van der Waals surface area contributed by atoms with Crippen molar-refractivity contribution in [1.29, 1.82) is 0 Å². The topological polar surface area (TPSA) is 263 Å². The van der Waals surface area contributed by atoms with Gasteiger partial charge in [0.1, 0.15) is 18.1 Å². The van der Waals surface area contributed by atoms with E-state index in [2.05, 4.69) is 16.0 Å². The van der Waals surface area contributed by atoms with Crippen LogP contribution in [0.4, 0.5) is 0 Å². The number of nitrogens with one attached hydrogen (secondary N) is 3. The molecule has 4 atom stereocenters. The monoisotopic (exact) mass is 549 g/mol. The van der Waals surface area contributed by atoms with Crippen molar-refractivity contribution in [3.8, 4) is 0 Å². The molecule has 0 aliphatic carbocycles. The van der Waals surface area contributed by atoms with Crippen molar-refractivity contribution in [3.05, 3.63) is 35.9 Å². The van der Waals surface area contributed by atoms with Crippen LogP contribution in [0.5, 0.6) is 0 Å². The maximum atomic E-state index is 13.3. The average molecular weight is 550 g/mol. The van der Waals surface area contributed by atoms with Crippen molar-refractivity contribution in [1.82, 2.24) is 16.0 Å². The maximum Gasteiger partial charge on any atom is 0.326 e. The van der Waals surface area contributed by atoms with Gasteiger partial charge in [-0.2, -0.15) is 0 Å². The highest BCUT2D eigenvalue weighted by atomic mass is 16.4. The van der Waals surface area contributed by atoms with Crippen molar-refractivity contribution in [2.75, 3.05) is 6.54 Å². The standard InChI is InChI=1S/C25H39N7O7/c26-13-5-4-8-17(23(36)31-18(25(38)39)10-12-21(29)34)30-24(37)19(14-15-6-2-1-3-7-15)32-22(35)16(27)9-11-20(28)33/h1-3,6-7,16-19H,4-5,8-14,26-27H2,(H2,28,33)(H2,29,34)(H,30,37)(H,31,36)(H,32,35)(H,38,39). The number of carbonyl (C=O) groups is 6. The molecule has 1 aromatic rings. The minimum atomic E-state index is -1.40. The molecule has 0 aliphatic heterocycles. The zero-order valence-corrected chi connectivity index (χ0v) is 21.8. The fourth-order valence-corrected chi connectivity index (χ4v) is 3.62. The Morgan fingerprint density at radius 3 is 1.82 bits per heavy atom. The number of unbranched alkanes of at least 4 members (excludes halogenated alkanes) is 1. The van der Waals surface area contributed by atoms with Gasteiger partial charge in [-0.1, -0.05) is 30.3 Å². The first-order valence-corrected chi connectivity index (χ1v) is 12.6. The van der Waals surface area contributed by atoms with Gasteiger partial charge in [0.05, 0.1) is 6.04 Å². The van der Waals surface area contributed by atoms with Gasteiger partial charge in [-0.3, -0.25) is 24.0 Å². The number of carbonyl (C=O) groups excluding carboxylic acids is 5. The highest BCUT2D eigenvalue weighted by Gasteiger charge is 2.30. The third-order valence-corrected chi connectivity index (χ3v) is 5.83. The van der Waals surface area contributed by atoms with Crippen molar-refractivity contribution in [3.63, 3.8) is 0 Å². The van der Waals surface area contributed by atoms with Crippen molar-refractivity contribution >= 4 is 35.5 Å². The smallest absolute Gasteiger partial charge is 0.326 e. The Kier molecular flexibility index (Phi) is 14.8. The fourth-order valence-electron chi connectivity index (χ4n) is 3.62.